The van der Waals surface area contributed by atoms with E-state index < -0.39 is 10.0 Å². The molecule has 2 N–H and O–H groups in total. The molecule has 4 rings (SSSR count). The summed E-state index contributed by atoms with van der Waals surface area (Å²) in [6.07, 6.45) is -0.000660. The first-order valence-corrected chi connectivity index (χ1v) is 11.8. The molecule has 0 saturated carbocycles. The zero-order chi connectivity index (χ0) is 23.4. The third kappa shape index (κ3) is 5.39. The molecule has 0 aliphatic carbocycles. The number of rotatable bonds is 7. The number of hydrogen-bond acceptors (Lipinski definition) is 6. The van der Waals surface area contributed by atoms with Crippen molar-refractivity contribution in [1.82, 2.24) is 0 Å². The van der Waals surface area contributed by atoms with Crippen molar-refractivity contribution < 1.29 is 27.4 Å². The number of hydrogen-bond donors (Lipinski definition) is 2. The van der Waals surface area contributed by atoms with Gasteiger partial charge in [-0.15, -0.1) is 0 Å². The van der Waals surface area contributed by atoms with Crippen molar-refractivity contribution in [3.05, 3.63) is 76.8 Å². The number of sulfonamides is 1. The van der Waals surface area contributed by atoms with Gasteiger partial charge in [0.15, 0.2) is 6.79 Å². The summed E-state index contributed by atoms with van der Waals surface area (Å²) in [7, 11) is -2.46. The topological polar surface area (TPSA) is 103 Å². The highest BCUT2D eigenvalue weighted by atomic mass is 35.5. The van der Waals surface area contributed by atoms with Crippen LogP contribution in [0.5, 0.6) is 11.5 Å². The summed E-state index contributed by atoms with van der Waals surface area (Å²) in [6.45, 7) is 0.450. The van der Waals surface area contributed by atoms with Gasteiger partial charge in [-0.05, 0) is 42.5 Å². The van der Waals surface area contributed by atoms with Gasteiger partial charge in [0.05, 0.1) is 30.7 Å². The molecule has 0 radical (unpaired) electrons. The summed E-state index contributed by atoms with van der Waals surface area (Å²) >= 11 is 6.16. The predicted octanol–water partition coefficient (Wildman–Crippen LogP) is 4.20. The van der Waals surface area contributed by atoms with E-state index in [1.807, 2.05) is 0 Å². The van der Waals surface area contributed by atoms with Crippen LogP contribution in [-0.4, -0.2) is 28.2 Å². The zero-order valence-electron chi connectivity index (χ0n) is 17.6. The molecule has 3 aromatic rings. The van der Waals surface area contributed by atoms with E-state index in [9.17, 15) is 13.2 Å². The molecule has 0 saturated heterocycles. The van der Waals surface area contributed by atoms with E-state index in [1.165, 1.54) is 19.2 Å². The van der Waals surface area contributed by atoms with E-state index in [-0.39, 0.29) is 24.0 Å². The lowest BCUT2D eigenvalue weighted by Gasteiger charge is -2.21. The Morgan fingerprint density at radius 1 is 1.12 bits per heavy atom. The molecule has 0 aromatic heterocycles. The van der Waals surface area contributed by atoms with Crippen molar-refractivity contribution in [2.45, 2.75) is 17.9 Å². The van der Waals surface area contributed by atoms with Gasteiger partial charge in [-0.3, -0.25) is 9.52 Å². The molecule has 3 aromatic carbocycles. The Morgan fingerprint density at radius 3 is 2.76 bits per heavy atom. The molecule has 1 heterocycles. The number of benzene rings is 3. The summed E-state index contributed by atoms with van der Waals surface area (Å²) < 4.78 is 44.2. The molecule has 0 atom stereocenters. The van der Waals surface area contributed by atoms with Crippen LogP contribution in [0, 0.1) is 0 Å². The van der Waals surface area contributed by atoms with Gasteiger partial charge < -0.3 is 19.5 Å². The fraction of sp³-hybridized carbons (Fsp3) is 0.174. The van der Waals surface area contributed by atoms with Crippen molar-refractivity contribution in [1.29, 1.82) is 0 Å². The van der Waals surface area contributed by atoms with Crippen molar-refractivity contribution in [3.8, 4) is 11.5 Å². The number of carbonyl (C=O) groups is 1. The van der Waals surface area contributed by atoms with E-state index in [4.69, 9.17) is 25.8 Å². The van der Waals surface area contributed by atoms with Crippen LogP contribution < -0.4 is 19.5 Å². The fourth-order valence-electron chi connectivity index (χ4n) is 3.44. The van der Waals surface area contributed by atoms with Crippen LogP contribution in [0.4, 0.5) is 11.4 Å². The minimum atomic E-state index is -3.91. The highest BCUT2D eigenvalue weighted by molar-refractivity contribution is 7.92. The Morgan fingerprint density at radius 2 is 1.94 bits per heavy atom. The SMILES string of the molecule is COc1ccccc1NS(=O)(=O)c1cccc(NC(=O)Cc2cc(Cl)cc3c2OCOC3)c1. The van der Waals surface area contributed by atoms with Gasteiger partial charge >= 0.3 is 0 Å². The van der Waals surface area contributed by atoms with E-state index in [0.29, 0.717) is 40.1 Å². The molecule has 1 aliphatic heterocycles. The number of methoxy groups -OCH3 is 1. The Bertz CT molecular complexity index is 1300. The zero-order valence-corrected chi connectivity index (χ0v) is 19.2. The van der Waals surface area contributed by atoms with Gasteiger partial charge in [0.2, 0.25) is 5.91 Å². The first-order valence-electron chi connectivity index (χ1n) is 9.93. The van der Waals surface area contributed by atoms with Crippen LogP contribution in [0.25, 0.3) is 0 Å². The lowest BCUT2D eigenvalue weighted by Crippen LogP contribution is -2.18. The second kappa shape index (κ2) is 9.70. The minimum Gasteiger partial charge on any atom is -0.495 e. The van der Waals surface area contributed by atoms with Crippen LogP contribution in [0.2, 0.25) is 5.02 Å². The number of para-hydroxylation sites is 2. The van der Waals surface area contributed by atoms with Crippen LogP contribution in [0.15, 0.2) is 65.6 Å². The smallest absolute Gasteiger partial charge is 0.262 e. The number of anilines is 2. The van der Waals surface area contributed by atoms with Crippen molar-refractivity contribution in [2.75, 3.05) is 23.9 Å². The van der Waals surface area contributed by atoms with Gasteiger partial charge in [0.1, 0.15) is 11.5 Å². The predicted molar refractivity (Wildman–Crippen MR) is 124 cm³/mol. The molecule has 0 fully saturated rings. The molecule has 0 unspecified atom stereocenters. The second-order valence-corrected chi connectivity index (χ2v) is 9.34. The van der Waals surface area contributed by atoms with E-state index >= 15 is 0 Å². The quantitative estimate of drug-likeness (QED) is 0.516. The number of ether oxygens (including phenoxy) is 3. The highest BCUT2D eigenvalue weighted by Gasteiger charge is 2.20. The monoisotopic (exact) mass is 488 g/mol. The third-order valence-corrected chi connectivity index (χ3v) is 6.46. The van der Waals surface area contributed by atoms with Crippen LogP contribution in [0.1, 0.15) is 11.1 Å². The standard InChI is InChI=1S/C23H21ClN2O6S/c1-30-21-8-3-2-7-20(21)26-33(28,29)19-6-4-5-18(12-19)25-22(27)11-15-9-17(24)10-16-13-31-14-32-23(15)16/h2-10,12,26H,11,13-14H2,1H3,(H,25,27). The average Bonchev–Trinajstić information content (AvgIpc) is 2.79. The van der Waals surface area contributed by atoms with E-state index in [0.717, 1.165) is 5.56 Å². The molecular formula is C23H21ClN2O6S. The third-order valence-electron chi connectivity index (χ3n) is 4.88. The first-order chi connectivity index (χ1) is 15.9. The average molecular weight is 489 g/mol. The number of nitrogens with one attached hydrogen (secondary N) is 2. The maximum atomic E-state index is 12.9. The highest BCUT2D eigenvalue weighted by Crippen LogP contribution is 2.32. The second-order valence-electron chi connectivity index (χ2n) is 7.22. The summed E-state index contributed by atoms with van der Waals surface area (Å²) in [5.41, 5.74) is 2.04. The van der Waals surface area contributed by atoms with E-state index in [1.54, 1.807) is 48.5 Å². The fourth-order valence-corrected chi connectivity index (χ4v) is 4.82. The lowest BCUT2D eigenvalue weighted by atomic mass is 10.1. The van der Waals surface area contributed by atoms with Crippen molar-refractivity contribution in [2.24, 2.45) is 0 Å². The van der Waals surface area contributed by atoms with E-state index in [2.05, 4.69) is 10.0 Å². The molecule has 0 spiro atoms. The Kier molecular flexibility index (Phi) is 6.73. The summed E-state index contributed by atoms with van der Waals surface area (Å²) in [5.74, 6) is 0.628. The summed E-state index contributed by atoms with van der Waals surface area (Å²) in [4.78, 5) is 12.7. The van der Waals surface area contributed by atoms with Crippen molar-refractivity contribution in [3.63, 3.8) is 0 Å². The molecular weight excluding hydrogens is 468 g/mol. The molecule has 10 heteroatoms. The summed E-state index contributed by atoms with van der Waals surface area (Å²) in [6, 6.07) is 16.1. The van der Waals surface area contributed by atoms with Crippen LogP contribution in [0.3, 0.4) is 0 Å². The van der Waals surface area contributed by atoms with Gasteiger partial charge in [0.25, 0.3) is 10.0 Å². The van der Waals surface area contributed by atoms with Gasteiger partial charge in [-0.2, -0.15) is 0 Å². The maximum Gasteiger partial charge on any atom is 0.262 e. The number of amides is 1. The molecule has 172 valence electrons. The molecule has 33 heavy (non-hydrogen) atoms. The Hall–Kier alpha value is -3.27. The molecule has 1 aliphatic rings. The largest absolute Gasteiger partial charge is 0.495 e. The number of carbonyl (C=O) groups excluding carboxylic acids is 1. The van der Waals surface area contributed by atoms with Gasteiger partial charge in [0, 0.05) is 21.8 Å². The molecule has 0 bridgehead atoms. The number of halogens is 1. The Labute approximate surface area is 196 Å². The Balaban J connectivity index is 1.50. The minimum absolute atomic E-state index is 0.000660. The molecule has 1 amide bonds. The maximum absolute atomic E-state index is 12.9. The van der Waals surface area contributed by atoms with Gasteiger partial charge in [-0.25, -0.2) is 8.42 Å². The molecule has 8 nitrogen and oxygen atoms in total. The normalized spacial score (nSPS) is 12.9. The lowest BCUT2D eigenvalue weighted by molar-refractivity contribution is -0.115. The van der Waals surface area contributed by atoms with Crippen LogP contribution in [-0.2, 0) is 32.6 Å². The van der Waals surface area contributed by atoms with Crippen LogP contribution >= 0.6 is 11.6 Å². The first kappa shape index (κ1) is 22.9. The van der Waals surface area contributed by atoms with Crippen molar-refractivity contribution >= 4 is 38.9 Å². The number of fused-ring (bicyclic) bond motifs is 1. The van der Waals surface area contributed by atoms with Gasteiger partial charge in [-0.1, -0.05) is 29.8 Å². The summed E-state index contributed by atoms with van der Waals surface area (Å²) in [5, 5.41) is 3.20.